The molecule has 2 aliphatic rings. The Morgan fingerprint density at radius 1 is 1.31 bits per heavy atom. The highest BCUT2D eigenvalue weighted by Gasteiger charge is 2.70. The van der Waals surface area contributed by atoms with Gasteiger partial charge in [0.2, 0.25) is 0 Å². The van der Waals surface area contributed by atoms with Crippen LogP contribution in [0.4, 0.5) is 0 Å². The monoisotopic (exact) mass is 244 g/mol. The zero-order valence-corrected chi connectivity index (χ0v) is 10.4. The van der Waals surface area contributed by atoms with Gasteiger partial charge in [-0.15, -0.1) is 0 Å². The number of ketones is 1. The summed E-state index contributed by atoms with van der Waals surface area (Å²) in [6.45, 7) is 8.68. The molecule has 2 aliphatic carbocycles. The molecule has 3 atom stereocenters. The van der Waals surface area contributed by atoms with Gasteiger partial charge < -0.3 is 0 Å². The summed E-state index contributed by atoms with van der Waals surface area (Å²) < 4.78 is -0.260. The van der Waals surface area contributed by atoms with E-state index in [1.807, 2.05) is 6.92 Å². The van der Waals surface area contributed by atoms with E-state index in [1.165, 1.54) is 6.42 Å². The predicted octanol–water partition coefficient (Wildman–Crippen LogP) is 3.17. The maximum absolute atomic E-state index is 12.2. The van der Waals surface area contributed by atoms with E-state index in [2.05, 4.69) is 36.7 Å². The van der Waals surface area contributed by atoms with E-state index >= 15 is 0 Å². The Hall–Kier alpha value is 0.150. The maximum Gasteiger partial charge on any atom is 0.155 e. The van der Waals surface area contributed by atoms with Gasteiger partial charge in [-0.2, -0.15) is 0 Å². The zero-order valence-electron chi connectivity index (χ0n) is 8.78. The zero-order chi connectivity index (χ0) is 10.1. The Kier molecular flexibility index (Phi) is 1.65. The molecule has 2 fully saturated rings. The Morgan fingerprint density at radius 3 is 2.08 bits per heavy atom. The molecule has 74 valence electrons. The van der Waals surface area contributed by atoms with Crippen molar-refractivity contribution in [2.75, 3.05) is 0 Å². The van der Waals surface area contributed by atoms with Gasteiger partial charge in [0.25, 0.3) is 0 Å². The van der Waals surface area contributed by atoms with Crippen molar-refractivity contribution in [3.8, 4) is 0 Å². The summed E-state index contributed by atoms with van der Waals surface area (Å²) in [5.41, 5.74) is 0.0816. The highest BCUT2D eigenvalue weighted by molar-refractivity contribution is 9.10. The first-order chi connectivity index (χ1) is 5.74. The van der Waals surface area contributed by atoms with Crippen LogP contribution in [0.25, 0.3) is 0 Å². The summed E-state index contributed by atoms with van der Waals surface area (Å²) in [5.74, 6) is 0.929. The van der Waals surface area contributed by atoms with Gasteiger partial charge in [0.05, 0.1) is 4.32 Å². The van der Waals surface area contributed by atoms with E-state index in [9.17, 15) is 4.79 Å². The molecular formula is C11H17BrO. The Morgan fingerprint density at radius 2 is 1.85 bits per heavy atom. The van der Waals surface area contributed by atoms with E-state index in [0.717, 1.165) is 6.42 Å². The van der Waals surface area contributed by atoms with Crippen molar-refractivity contribution in [2.24, 2.45) is 16.7 Å². The Labute approximate surface area is 88.4 Å². The van der Waals surface area contributed by atoms with Crippen molar-refractivity contribution in [1.82, 2.24) is 0 Å². The quantitative estimate of drug-likeness (QED) is 0.599. The van der Waals surface area contributed by atoms with E-state index in [1.54, 1.807) is 0 Å². The molecule has 0 radical (unpaired) electrons. The van der Waals surface area contributed by atoms with Crippen molar-refractivity contribution in [2.45, 2.75) is 44.9 Å². The van der Waals surface area contributed by atoms with Crippen LogP contribution >= 0.6 is 15.9 Å². The highest BCUT2D eigenvalue weighted by atomic mass is 79.9. The minimum Gasteiger partial charge on any atom is -0.297 e. The van der Waals surface area contributed by atoms with Crippen molar-refractivity contribution in [1.29, 1.82) is 0 Å². The third-order valence-corrected chi connectivity index (χ3v) is 5.74. The lowest BCUT2D eigenvalue weighted by atomic mass is 9.70. The summed E-state index contributed by atoms with van der Waals surface area (Å²) in [4.78, 5) is 12.2. The lowest BCUT2D eigenvalue weighted by molar-refractivity contribution is -0.129. The summed E-state index contributed by atoms with van der Waals surface area (Å²) in [6.07, 6.45) is 2.27. The Bertz CT molecular complexity index is 280. The van der Waals surface area contributed by atoms with Gasteiger partial charge in [-0.25, -0.2) is 0 Å². The SMILES string of the molecule is CC1(Br)C(=O)C2(C)CCC1C2(C)C. The van der Waals surface area contributed by atoms with E-state index in [-0.39, 0.29) is 15.2 Å². The van der Waals surface area contributed by atoms with Gasteiger partial charge in [0.1, 0.15) is 0 Å². The second kappa shape index (κ2) is 2.21. The second-order valence-corrected chi connectivity index (χ2v) is 7.20. The second-order valence-electron chi connectivity index (χ2n) is 5.55. The summed E-state index contributed by atoms with van der Waals surface area (Å²) in [5, 5.41) is 0. The number of carbonyl (C=O) groups excluding carboxylic acids is 1. The number of rotatable bonds is 0. The summed E-state index contributed by atoms with van der Waals surface area (Å²) >= 11 is 3.63. The largest absolute Gasteiger partial charge is 0.297 e. The molecule has 0 aliphatic heterocycles. The minimum absolute atomic E-state index is 0.0874. The molecule has 0 amide bonds. The molecule has 0 N–H and O–H groups in total. The number of Topliss-reactive ketones (excluding diaryl/α,β-unsaturated/α-hetero) is 1. The van der Waals surface area contributed by atoms with Crippen LogP contribution < -0.4 is 0 Å². The fraction of sp³-hybridized carbons (Fsp3) is 0.909. The summed E-state index contributed by atoms with van der Waals surface area (Å²) in [7, 11) is 0. The highest BCUT2D eigenvalue weighted by Crippen LogP contribution is 2.69. The first-order valence-corrected chi connectivity index (χ1v) is 5.78. The molecule has 3 unspecified atom stereocenters. The molecule has 0 spiro atoms. The molecule has 0 aromatic rings. The van der Waals surface area contributed by atoms with Gasteiger partial charge in [0, 0.05) is 5.41 Å². The molecule has 2 rings (SSSR count). The molecule has 0 saturated heterocycles. The topological polar surface area (TPSA) is 17.1 Å². The van der Waals surface area contributed by atoms with Crippen LogP contribution in [0, 0.1) is 16.7 Å². The molecule has 2 saturated carbocycles. The molecule has 2 heteroatoms. The molecule has 0 heterocycles. The normalized spacial score (nSPS) is 53.0. The van der Waals surface area contributed by atoms with Crippen molar-refractivity contribution >= 4 is 21.7 Å². The smallest absolute Gasteiger partial charge is 0.155 e. The summed E-state index contributed by atoms with van der Waals surface area (Å²) in [6, 6.07) is 0. The number of hydrogen-bond donors (Lipinski definition) is 0. The fourth-order valence-corrected chi connectivity index (χ4v) is 4.79. The van der Waals surface area contributed by atoms with E-state index in [0.29, 0.717) is 11.7 Å². The first kappa shape index (κ1) is 9.70. The fourth-order valence-electron chi connectivity index (χ4n) is 3.55. The number of carbonyl (C=O) groups is 1. The number of halogens is 1. The molecular weight excluding hydrogens is 228 g/mol. The third kappa shape index (κ3) is 0.817. The third-order valence-electron chi connectivity index (χ3n) is 4.83. The van der Waals surface area contributed by atoms with Gasteiger partial charge in [-0.3, -0.25) is 4.79 Å². The molecule has 0 aromatic heterocycles. The van der Waals surface area contributed by atoms with Crippen LogP contribution in [-0.4, -0.2) is 10.1 Å². The van der Waals surface area contributed by atoms with Crippen molar-refractivity contribution in [3.05, 3.63) is 0 Å². The predicted molar refractivity (Wildman–Crippen MR) is 57.0 cm³/mol. The van der Waals surface area contributed by atoms with Crippen LogP contribution in [0.2, 0.25) is 0 Å². The van der Waals surface area contributed by atoms with Crippen LogP contribution in [0.1, 0.15) is 40.5 Å². The molecule has 0 aromatic carbocycles. The molecule has 1 nitrogen and oxygen atoms in total. The molecule has 2 bridgehead atoms. The van der Waals surface area contributed by atoms with E-state index in [4.69, 9.17) is 0 Å². The lowest BCUT2D eigenvalue weighted by Crippen LogP contribution is -2.38. The van der Waals surface area contributed by atoms with Crippen LogP contribution in [0.15, 0.2) is 0 Å². The van der Waals surface area contributed by atoms with Crippen molar-refractivity contribution < 1.29 is 4.79 Å². The lowest BCUT2D eigenvalue weighted by Gasteiger charge is -2.32. The minimum atomic E-state index is -0.260. The number of alkyl halides is 1. The maximum atomic E-state index is 12.2. The van der Waals surface area contributed by atoms with Gasteiger partial charge in [-0.1, -0.05) is 36.7 Å². The first-order valence-electron chi connectivity index (χ1n) is 4.98. The standard InChI is InChI=1S/C11H17BrO/c1-9(2)7-5-6-10(9,3)8(13)11(7,4)12/h7H,5-6H2,1-4H3. The van der Waals surface area contributed by atoms with E-state index < -0.39 is 0 Å². The van der Waals surface area contributed by atoms with Gasteiger partial charge in [-0.05, 0) is 31.1 Å². The average molecular weight is 245 g/mol. The molecule has 13 heavy (non-hydrogen) atoms. The number of fused-ring (bicyclic) bond motifs is 2. The van der Waals surface area contributed by atoms with Crippen LogP contribution in [-0.2, 0) is 4.79 Å². The van der Waals surface area contributed by atoms with Crippen molar-refractivity contribution in [3.63, 3.8) is 0 Å². The van der Waals surface area contributed by atoms with Crippen LogP contribution in [0.5, 0.6) is 0 Å². The number of hydrogen-bond acceptors (Lipinski definition) is 1. The van der Waals surface area contributed by atoms with Gasteiger partial charge in [0.15, 0.2) is 5.78 Å². The van der Waals surface area contributed by atoms with Gasteiger partial charge >= 0.3 is 0 Å². The average Bonchev–Trinajstić information content (AvgIpc) is 2.26. The Balaban J connectivity index is 2.58. The van der Waals surface area contributed by atoms with Crippen LogP contribution in [0.3, 0.4) is 0 Å².